The number of likely N-dealkylation sites (tertiary alicyclic amines) is 1. The van der Waals surface area contributed by atoms with Crippen molar-refractivity contribution in [2.24, 2.45) is 11.8 Å². The predicted molar refractivity (Wildman–Crippen MR) is 76.2 cm³/mol. The first-order valence-corrected chi connectivity index (χ1v) is 6.97. The van der Waals surface area contributed by atoms with Crippen LogP contribution in [0.1, 0.15) is 30.9 Å². The SMILES string of the molecule is CC1CCCN(Cc2ccccc2CC(=O)NN)C1. The van der Waals surface area contributed by atoms with Crippen molar-refractivity contribution in [3.8, 4) is 0 Å². The molecule has 0 saturated carbocycles. The van der Waals surface area contributed by atoms with E-state index in [1.54, 1.807) is 0 Å². The van der Waals surface area contributed by atoms with Crippen molar-refractivity contribution >= 4 is 5.91 Å². The number of hydrogen-bond acceptors (Lipinski definition) is 3. The van der Waals surface area contributed by atoms with Gasteiger partial charge in [0.25, 0.3) is 0 Å². The van der Waals surface area contributed by atoms with Crippen molar-refractivity contribution < 1.29 is 4.79 Å². The highest BCUT2D eigenvalue weighted by Crippen LogP contribution is 2.19. The summed E-state index contributed by atoms with van der Waals surface area (Å²) in [5.74, 6) is 5.79. The van der Waals surface area contributed by atoms with Crippen molar-refractivity contribution in [1.29, 1.82) is 0 Å². The monoisotopic (exact) mass is 261 g/mol. The van der Waals surface area contributed by atoms with E-state index in [2.05, 4.69) is 23.3 Å². The van der Waals surface area contributed by atoms with Crippen LogP contribution in [0.15, 0.2) is 24.3 Å². The largest absolute Gasteiger partial charge is 0.299 e. The van der Waals surface area contributed by atoms with Gasteiger partial charge in [0.05, 0.1) is 6.42 Å². The van der Waals surface area contributed by atoms with Crippen LogP contribution in [0.25, 0.3) is 0 Å². The minimum atomic E-state index is -0.139. The maximum atomic E-state index is 11.4. The van der Waals surface area contributed by atoms with Gasteiger partial charge in [-0.1, -0.05) is 31.2 Å². The van der Waals surface area contributed by atoms with E-state index in [4.69, 9.17) is 5.84 Å². The molecule has 1 saturated heterocycles. The molecule has 4 nitrogen and oxygen atoms in total. The van der Waals surface area contributed by atoms with Crippen LogP contribution >= 0.6 is 0 Å². The Hall–Kier alpha value is -1.39. The molecule has 2 rings (SSSR count). The molecule has 19 heavy (non-hydrogen) atoms. The molecule has 4 heteroatoms. The number of nitrogens with zero attached hydrogens (tertiary/aromatic N) is 1. The third-order valence-electron chi connectivity index (χ3n) is 3.77. The summed E-state index contributed by atoms with van der Waals surface area (Å²) in [7, 11) is 0. The van der Waals surface area contributed by atoms with Gasteiger partial charge in [-0.3, -0.25) is 15.1 Å². The van der Waals surface area contributed by atoms with Gasteiger partial charge in [0, 0.05) is 13.1 Å². The van der Waals surface area contributed by atoms with Gasteiger partial charge in [0.2, 0.25) is 5.91 Å². The number of hydrazine groups is 1. The molecule has 1 amide bonds. The molecule has 0 spiro atoms. The summed E-state index contributed by atoms with van der Waals surface area (Å²) in [6, 6.07) is 8.13. The van der Waals surface area contributed by atoms with Crippen LogP contribution in [-0.2, 0) is 17.8 Å². The number of amides is 1. The summed E-state index contributed by atoms with van der Waals surface area (Å²) in [5, 5.41) is 0. The Bertz CT molecular complexity index is 433. The van der Waals surface area contributed by atoms with Crippen LogP contribution < -0.4 is 11.3 Å². The molecule has 0 bridgehead atoms. The molecular formula is C15H23N3O. The van der Waals surface area contributed by atoms with Gasteiger partial charge >= 0.3 is 0 Å². The number of benzene rings is 1. The number of carbonyl (C=O) groups excluding carboxylic acids is 1. The Morgan fingerprint density at radius 1 is 1.42 bits per heavy atom. The van der Waals surface area contributed by atoms with Gasteiger partial charge in [-0.25, -0.2) is 5.84 Å². The minimum absolute atomic E-state index is 0.139. The fraction of sp³-hybridized carbons (Fsp3) is 0.533. The van der Waals surface area contributed by atoms with Crippen LogP contribution in [0.3, 0.4) is 0 Å². The highest BCUT2D eigenvalue weighted by molar-refractivity contribution is 5.78. The van der Waals surface area contributed by atoms with Crippen molar-refractivity contribution in [2.45, 2.75) is 32.7 Å². The normalized spacial score (nSPS) is 20.2. The standard InChI is InChI=1S/C15H23N3O/c1-12-5-4-8-18(10-12)11-14-7-3-2-6-13(14)9-15(19)17-16/h2-3,6-7,12H,4-5,8-11,16H2,1H3,(H,17,19). The first-order chi connectivity index (χ1) is 9.19. The van der Waals surface area contributed by atoms with Gasteiger partial charge in [-0.05, 0) is 36.4 Å². The quantitative estimate of drug-likeness (QED) is 0.490. The van der Waals surface area contributed by atoms with Gasteiger partial charge in [0.15, 0.2) is 0 Å². The lowest BCUT2D eigenvalue weighted by atomic mass is 9.98. The molecule has 0 aromatic heterocycles. The summed E-state index contributed by atoms with van der Waals surface area (Å²) < 4.78 is 0. The third kappa shape index (κ3) is 4.04. The summed E-state index contributed by atoms with van der Waals surface area (Å²) in [6.45, 7) is 5.54. The number of rotatable bonds is 4. The Kier molecular flexibility index (Phi) is 4.93. The van der Waals surface area contributed by atoms with Crippen molar-refractivity contribution in [3.63, 3.8) is 0 Å². The van der Waals surface area contributed by atoms with Crippen molar-refractivity contribution in [2.75, 3.05) is 13.1 Å². The lowest BCUT2D eigenvalue weighted by Gasteiger charge is -2.31. The zero-order valence-corrected chi connectivity index (χ0v) is 11.6. The highest BCUT2D eigenvalue weighted by Gasteiger charge is 2.17. The Morgan fingerprint density at radius 3 is 2.84 bits per heavy atom. The zero-order chi connectivity index (χ0) is 13.7. The zero-order valence-electron chi connectivity index (χ0n) is 11.6. The molecule has 1 fully saturated rings. The lowest BCUT2D eigenvalue weighted by molar-refractivity contribution is -0.120. The van der Waals surface area contributed by atoms with Gasteiger partial charge in [-0.2, -0.15) is 0 Å². The number of nitrogens with two attached hydrogens (primary N) is 1. The molecule has 104 valence electrons. The molecule has 1 unspecified atom stereocenters. The topological polar surface area (TPSA) is 58.4 Å². The van der Waals surface area contributed by atoms with E-state index in [0.717, 1.165) is 31.1 Å². The molecule has 3 N–H and O–H groups in total. The number of hydrogen-bond donors (Lipinski definition) is 2. The van der Waals surface area contributed by atoms with Gasteiger partial charge in [0.1, 0.15) is 0 Å². The van der Waals surface area contributed by atoms with Crippen LogP contribution in [0.4, 0.5) is 0 Å². The van der Waals surface area contributed by atoms with E-state index < -0.39 is 0 Å². The maximum Gasteiger partial charge on any atom is 0.238 e. The van der Waals surface area contributed by atoms with E-state index >= 15 is 0 Å². The molecule has 1 aromatic carbocycles. The predicted octanol–water partition coefficient (Wildman–Crippen LogP) is 1.45. The Morgan fingerprint density at radius 2 is 2.16 bits per heavy atom. The van der Waals surface area contributed by atoms with Gasteiger partial charge in [-0.15, -0.1) is 0 Å². The minimum Gasteiger partial charge on any atom is -0.299 e. The average molecular weight is 261 g/mol. The smallest absolute Gasteiger partial charge is 0.238 e. The molecule has 0 radical (unpaired) electrons. The van der Waals surface area contributed by atoms with E-state index in [0.29, 0.717) is 6.42 Å². The number of carbonyl (C=O) groups is 1. The average Bonchev–Trinajstić information content (AvgIpc) is 2.41. The molecular weight excluding hydrogens is 238 g/mol. The molecule has 1 aromatic rings. The Labute approximate surface area is 114 Å². The summed E-state index contributed by atoms with van der Waals surface area (Å²) >= 11 is 0. The van der Waals surface area contributed by atoms with E-state index in [9.17, 15) is 4.79 Å². The number of piperidine rings is 1. The lowest BCUT2D eigenvalue weighted by Crippen LogP contribution is -2.34. The van der Waals surface area contributed by atoms with Gasteiger partial charge < -0.3 is 0 Å². The molecule has 1 aliphatic rings. The molecule has 0 aliphatic carbocycles. The fourth-order valence-corrected chi connectivity index (χ4v) is 2.78. The fourth-order valence-electron chi connectivity index (χ4n) is 2.78. The maximum absolute atomic E-state index is 11.4. The van der Waals surface area contributed by atoms with E-state index in [-0.39, 0.29) is 5.91 Å². The van der Waals surface area contributed by atoms with Crippen LogP contribution in [0.5, 0.6) is 0 Å². The van der Waals surface area contributed by atoms with Crippen LogP contribution in [-0.4, -0.2) is 23.9 Å². The molecule has 1 atom stereocenters. The summed E-state index contributed by atoms with van der Waals surface area (Å²) in [6.07, 6.45) is 2.95. The van der Waals surface area contributed by atoms with Crippen LogP contribution in [0.2, 0.25) is 0 Å². The summed E-state index contributed by atoms with van der Waals surface area (Å²) in [4.78, 5) is 13.9. The van der Waals surface area contributed by atoms with E-state index in [1.165, 1.54) is 18.4 Å². The third-order valence-corrected chi connectivity index (χ3v) is 3.77. The number of nitrogens with one attached hydrogen (secondary N) is 1. The van der Waals surface area contributed by atoms with Crippen molar-refractivity contribution in [1.82, 2.24) is 10.3 Å². The second-order valence-electron chi connectivity index (χ2n) is 5.50. The first kappa shape index (κ1) is 14.0. The van der Waals surface area contributed by atoms with Crippen LogP contribution in [0, 0.1) is 5.92 Å². The molecule has 1 heterocycles. The molecule has 1 aliphatic heterocycles. The Balaban J connectivity index is 2.04. The second kappa shape index (κ2) is 6.68. The highest BCUT2D eigenvalue weighted by atomic mass is 16.2. The van der Waals surface area contributed by atoms with Crippen molar-refractivity contribution in [3.05, 3.63) is 35.4 Å². The second-order valence-corrected chi connectivity index (χ2v) is 5.50. The van der Waals surface area contributed by atoms with E-state index in [1.807, 2.05) is 18.2 Å². The first-order valence-electron chi connectivity index (χ1n) is 6.97. The summed E-state index contributed by atoms with van der Waals surface area (Å²) in [5.41, 5.74) is 4.51.